The number of ether oxygens (including phenoxy) is 1. The largest absolute Gasteiger partial charge is 0.464 e. The molecule has 0 saturated heterocycles. The van der Waals surface area contributed by atoms with Gasteiger partial charge in [-0.25, -0.2) is 4.79 Å². The highest BCUT2D eigenvalue weighted by Gasteiger charge is 2.03. The molecule has 5 heteroatoms. The van der Waals surface area contributed by atoms with Gasteiger partial charge in [-0.05, 0) is 17.7 Å². The number of hydrogen-bond acceptors (Lipinski definition) is 4. The molecule has 0 bridgehead atoms. The smallest absolute Gasteiger partial charge is 0.404 e. The molecule has 0 spiro atoms. The van der Waals surface area contributed by atoms with E-state index in [1.54, 1.807) is 18.2 Å². The van der Waals surface area contributed by atoms with Gasteiger partial charge < -0.3 is 14.9 Å². The van der Waals surface area contributed by atoms with E-state index in [9.17, 15) is 9.59 Å². The second-order valence-electron chi connectivity index (χ2n) is 3.22. The summed E-state index contributed by atoms with van der Waals surface area (Å²) in [5.41, 5.74) is 5.89. The molecule has 0 unspecified atom stereocenters. The van der Waals surface area contributed by atoms with Crippen LogP contribution >= 0.6 is 0 Å². The van der Waals surface area contributed by atoms with Crippen LogP contribution in [0.5, 0.6) is 0 Å². The summed E-state index contributed by atoms with van der Waals surface area (Å²) in [4.78, 5) is 21.9. The summed E-state index contributed by atoms with van der Waals surface area (Å²) in [6.07, 6.45) is 0.491. The summed E-state index contributed by atoms with van der Waals surface area (Å²) in [6, 6.07) is 6.30. The van der Waals surface area contributed by atoms with Crippen molar-refractivity contribution in [2.75, 3.05) is 0 Å². The summed E-state index contributed by atoms with van der Waals surface area (Å²) >= 11 is 0. The number of benzene rings is 1. The van der Waals surface area contributed by atoms with E-state index in [1.165, 1.54) is 12.3 Å². The molecule has 0 atom stereocenters. The molecule has 1 aromatic heterocycles. The van der Waals surface area contributed by atoms with Gasteiger partial charge in [0.1, 0.15) is 12.2 Å². The number of carbonyl (C=O) groups is 1. The fourth-order valence-corrected chi connectivity index (χ4v) is 1.38. The lowest BCUT2D eigenvalue weighted by molar-refractivity contribution is 0.150. The average Bonchev–Trinajstić information content (AvgIpc) is 2.27. The fourth-order valence-electron chi connectivity index (χ4n) is 1.38. The van der Waals surface area contributed by atoms with Crippen LogP contribution in [0.15, 0.2) is 39.7 Å². The quantitative estimate of drug-likeness (QED) is 0.827. The monoisotopic (exact) mass is 219 g/mol. The first-order valence-corrected chi connectivity index (χ1v) is 4.59. The fraction of sp³-hybridized carbons (Fsp3) is 0.0909. The molecular formula is C11H9NO4. The predicted molar refractivity (Wildman–Crippen MR) is 56.9 cm³/mol. The topological polar surface area (TPSA) is 82.5 Å². The second kappa shape index (κ2) is 4.06. The standard InChI is InChI=1S/C11H9NO4/c12-11(14)16-6-7-1-2-10-8(5-7)9(13)3-4-15-10/h1-5H,6H2,(H2,12,14). The molecule has 82 valence electrons. The zero-order valence-corrected chi connectivity index (χ0v) is 8.30. The average molecular weight is 219 g/mol. The first-order valence-electron chi connectivity index (χ1n) is 4.59. The molecule has 0 radical (unpaired) electrons. The van der Waals surface area contributed by atoms with Crippen molar-refractivity contribution >= 4 is 17.1 Å². The molecule has 1 aromatic carbocycles. The van der Waals surface area contributed by atoms with Crippen molar-refractivity contribution in [3.63, 3.8) is 0 Å². The molecule has 2 aromatic rings. The Morgan fingerprint density at radius 1 is 1.38 bits per heavy atom. The van der Waals surface area contributed by atoms with Crippen molar-refractivity contribution in [3.8, 4) is 0 Å². The lowest BCUT2D eigenvalue weighted by Crippen LogP contribution is -2.12. The van der Waals surface area contributed by atoms with Crippen LogP contribution in [0.4, 0.5) is 4.79 Å². The summed E-state index contributed by atoms with van der Waals surface area (Å²) in [6.45, 7) is 0.0413. The lowest BCUT2D eigenvalue weighted by Gasteiger charge is -2.02. The zero-order chi connectivity index (χ0) is 11.5. The Bertz CT molecular complexity index is 588. The van der Waals surface area contributed by atoms with Gasteiger partial charge in [0.05, 0.1) is 11.6 Å². The summed E-state index contributed by atoms with van der Waals surface area (Å²) < 4.78 is 9.76. The highest BCUT2D eigenvalue weighted by Crippen LogP contribution is 2.12. The van der Waals surface area contributed by atoms with Crippen molar-refractivity contribution in [1.82, 2.24) is 0 Å². The SMILES string of the molecule is NC(=O)OCc1ccc2occc(=O)c2c1. The second-order valence-corrected chi connectivity index (χ2v) is 3.22. The van der Waals surface area contributed by atoms with Gasteiger partial charge in [-0.3, -0.25) is 4.79 Å². The molecule has 0 fully saturated rings. The Morgan fingerprint density at radius 2 is 2.19 bits per heavy atom. The van der Waals surface area contributed by atoms with Crippen molar-refractivity contribution in [2.24, 2.45) is 5.73 Å². The van der Waals surface area contributed by atoms with E-state index in [0.717, 1.165) is 0 Å². The number of primary amides is 1. The van der Waals surface area contributed by atoms with Crippen LogP contribution in [0.1, 0.15) is 5.56 Å². The maximum atomic E-state index is 11.5. The van der Waals surface area contributed by atoms with Crippen LogP contribution in [0, 0.1) is 0 Å². The third-order valence-corrected chi connectivity index (χ3v) is 2.10. The van der Waals surface area contributed by atoms with E-state index in [0.29, 0.717) is 16.5 Å². The van der Waals surface area contributed by atoms with E-state index in [2.05, 4.69) is 4.74 Å². The number of carbonyl (C=O) groups excluding carboxylic acids is 1. The van der Waals surface area contributed by atoms with Gasteiger partial charge in [0.2, 0.25) is 0 Å². The maximum absolute atomic E-state index is 11.5. The number of hydrogen-bond donors (Lipinski definition) is 1. The number of nitrogens with two attached hydrogens (primary N) is 1. The minimum Gasteiger partial charge on any atom is -0.464 e. The van der Waals surface area contributed by atoms with Crippen LogP contribution < -0.4 is 11.2 Å². The zero-order valence-electron chi connectivity index (χ0n) is 8.30. The molecule has 2 N–H and O–H groups in total. The maximum Gasteiger partial charge on any atom is 0.404 e. The highest BCUT2D eigenvalue weighted by molar-refractivity contribution is 5.76. The van der Waals surface area contributed by atoms with Gasteiger partial charge in [0.25, 0.3) is 0 Å². The van der Waals surface area contributed by atoms with Crippen LogP contribution in [-0.2, 0) is 11.3 Å². The molecule has 0 aliphatic heterocycles. The summed E-state index contributed by atoms with van der Waals surface area (Å²) in [5, 5.41) is 0.452. The molecule has 5 nitrogen and oxygen atoms in total. The Kier molecular flexibility index (Phi) is 2.59. The summed E-state index contributed by atoms with van der Waals surface area (Å²) in [5.74, 6) is 0. The van der Waals surface area contributed by atoms with Crippen LogP contribution in [0.3, 0.4) is 0 Å². The first-order chi connectivity index (χ1) is 7.66. The van der Waals surface area contributed by atoms with E-state index in [1.807, 2.05) is 0 Å². The molecule has 0 aliphatic rings. The Hall–Kier alpha value is -2.30. The van der Waals surface area contributed by atoms with Crippen molar-refractivity contribution in [1.29, 1.82) is 0 Å². The highest BCUT2D eigenvalue weighted by atomic mass is 16.5. The van der Waals surface area contributed by atoms with Crippen LogP contribution in [0.25, 0.3) is 11.0 Å². The molecule has 0 aliphatic carbocycles. The molecule has 2 rings (SSSR count). The van der Waals surface area contributed by atoms with E-state index in [4.69, 9.17) is 10.2 Å². The lowest BCUT2D eigenvalue weighted by atomic mass is 10.1. The summed E-state index contributed by atoms with van der Waals surface area (Å²) in [7, 11) is 0. The van der Waals surface area contributed by atoms with Crippen LogP contribution in [0.2, 0.25) is 0 Å². The molecular weight excluding hydrogens is 210 g/mol. The van der Waals surface area contributed by atoms with Gasteiger partial charge in [0, 0.05) is 6.07 Å². The minimum atomic E-state index is -0.847. The molecule has 16 heavy (non-hydrogen) atoms. The number of amides is 1. The van der Waals surface area contributed by atoms with Crippen molar-refractivity contribution in [2.45, 2.75) is 6.61 Å². The van der Waals surface area contributed by atoms with Gasteiger partial charge in [0.15, 0.2) is 5.43 Å². The van der Waals surface area contributed by atoms with Gasteiger partial charge in [-0.2, -0.15) is 0 Å². The normalized spacial score (nSPS) is 10.2. The van der Waals surface area contributed by atoms with E-state index >= 15 is 0 Å². The number of rotatable bonds is 2. The number of fused-ring (bicyclic) bond motifs is 1. The molecule has 1 amide bonds. The third-order valence-electron chi connectivity index (χ3n) is 2.10. The van der Waals surface area contributed by atoms with Crippen molar-refractivity contribution in [3.05, 3.63) is 46.3 Å². The minimum absolute atomic E-state index is 0.0413. The Labute approximate surface area is 90.4 Å². The molecule has 0 saturated carbocycles. The van der Waals surface area contributed by atoms with E-state index in [-0.39, 0.29) is 12.0 Å². The molecule has 1 heterocycles. The van der Waals surface area contributed by atoms with Gasteiger partial charge in [-0.1, -0.05) is 6.07 Å². The first kappa shape index (κ1) is 10.2. The van der Waals surface area contributed by atoms with Gasteiger partial charge in [-0.15, -0.1) is 0 Å². The Morgan fingerprint density at radius 3 is 2.94 bits per heavy atom. The van der Waals surface area contributed by atoms with Crippen molar-refractivity contribution < 1.29 is 13.9 Å². The Balaban J connectivity index is 2.39. The predicted octanol–water partition coefficient (Wildman–Crippen LogP) is 1.39. The van der Waals surface area contributed by atoms with Crippen LogP contribution in [-0.4, -0.2) is 6.09 Å². The third kappa shape index (κ3) is 2.03. The van der Waals surface area contributed by atoms with E-state index < -0.39 is 6.09 Å². The van der Waals surface area contributed by atoms with Gasteiger partial charge >= 0.3 is 6.09 Å².